The molecule has 3 N–H and O–H groups in total. The SMILES string of the molecule is Nc1cnc(Oc2ccc3ccccc3c2)c(C(=O)O)c1. The summed E-state index contributed by atoms with van der Waals surface area (Å²) < 4.78 is 5.59. The quantitative estimate of drug-likeness (QED) is 0.768. The number of ether oxygens (including phenoxy) is 1. The predicted molar refractivity (Wildman–Crippen MR) is 79.6 cm³/mol. The van der Waals surface area contributed by atoms with Crippen molar-refractivity contribution in [2.75, 3.05) is 5.73 Å². The Balaban J connectivity index is 2.00. The number of nitrogens with zero attached hydrogens (tertiary/aromatic N) is 1. The Morgan fingerprint density at radius 3 is 2.62 bits per heavy atom. The molecule has 0 spiro atoms. The lowest BCUT2D eigenvalue weighted by Gasteiger charge is -2.09. The van der Waals surface area contributed by atoms with Crippen LogP contribution >= 0.6 is 0 Å². The second-order valence-electron chi connectivity index (χ2n) is 4.54. The first-order chi connectivity index (χ1) is 10.1. The first-order valence-electron chi connectivity index (χ1n) is 6.29. The van der Waals surface area contributed by atoms with Crippen molar-refractivity contribution in [1.82, 2.24) is 4.98 Å². The number of hydrogen-bond donors (Lipinski definition) is 2. The fourth-order valence-corrected chi connectivity index (χ4v) is 2.05. The van der Waals surface area contributed by atoms with Gasteiger partial charge in [0, 0.05) is 0 Å². The molecule has 0 aliphatic heterocycles. The van der Waals surface area contributed by atoms with Gasteiger partial charge in [-0.15, -0.1) is 0 Å². The van der Waals surface area contributed by atoms with Gasteiger partial charge in [0.2, 0.25) is 5.88 Å². The number of rotatable bonds is 3. The van der Waals surface area contributed by atoms with E-state index < -0.39 is 5.97 Å². The van der Waals surface area contributed by atoms with Gasteiger partial charge in [-0.1, -0.05) is 30.3 Å². The van der Waals surface area contributed by atoms with Crippen LogP contribution in [0.15, 0.2) is 54.7 Å². The first kappa shape index (κ1) is 12.9. The third-order valence-electron chi connectivity index (χ3n) is 3.04. The largest absolute Gasteiger partial charge is 0.477 e. The zero-order valence-corrected chi connectivity index (χ0v) is 11.0. The number of fused-ring (bicyclic) bond motifs is 1. The average molecular weight is 280 g/mol. The number of aromatic carboxylic acids is 1. The Kier molecular flexibility index (Phi) is 3.16. The molecule has 21 heavy (non-hydrogen) atoms. The van der Waals surface area contributed by atoms with E-state index in [9.17, 15) is 4.79 Å². The summed E-state index contributed by atoms with van der Waals surface area (Å²) in [5.74, 6) is -0.592. The van der Waals surface area contributed by atoms with Crippen molar-refractivity contribution in [1.29, 1.82) is 0 Å². The van der Waals surface area contributed by atoms with Gasteiger partial charge < -0.3 is 15.6 Å². The van der Waals surface area contributed by atoms with E-state index in [1.54, 1.807) is 6.07 Å². The molecule has 1 heterocycles. The molecule has 0 fully saturated rings. The Morgan fingerprint density at radius 2 is 1.86 bits per heavy atom. The average Bonchev–Trinajstić information content (AvgIpc) is 2.49. The summed E-state index contributed by atoms with van der Waals surface area (Å²) in [6.07, 6.45) is 1.36. The number of nitrogen functional groups attached to an aromatic ring is 1. The number of nitrogens with two attached hydrogens (primary N) is 1. The number of carboxylic acids is 1. The zero-order valence-electron chi connectivity index (χ0n) is 11.0. The van der Waals surface area contributed by atoms with Crippen LogP contribution in [0.5, 0.6) is 11.6 Å². The van der Waals surface area contributed by atoms with Gasteiger partial charge in [-0.2, -0.15) is 0 Å². The molecule has 0 amide bonds. The van der Waals surface area contributed by atoms with Crippen molar-refractivity contribution in [3.05, 3.63) is 60.3 Å². The number of aromatic nitrogens is 1. The molecular weight excluding hydrogens is 268 g/mol. The maximum Gasteiger partial charge on any atom is 0.341 e. The minimum absolute atomic E-state index is 0.0204. The predicted octanol–water partition coefficient (Wildman–Crippen LogP) is 3.31. The highest BCUT2D eigenvalue weighted by molar-refractivity contribution is 5.91. The molecule has 0 radical (unpaired) electrons. The van der Waals surface area contributed by atoms with Crippen molar-refractivity contribution in [2.24, 2.45) is 0 Å². The van der Waals surface area contributed by atoms with Crippen LogP contribution in [0.1, 0.15) is 10.4 Å². The molecule has 104 valence electrons. The van der Waals surface area contributed by atoms with Crippen LogP contribution in [-0.2, 0) is 0 Å². The van der Waals surface area contributed by atoms with Crippen LogP contribution in [0.3, 0.4) is 0 Å². The summed E-state index contributed by atoms with van der Waals surface area (Å²) in [6.45, 7) is 0. The van der Waals surface area contributed by atoms with E-state index in [1.165, 1.54) is 12.3 Å². The number of carbonyl (C=O) groups is 1. The lowest BCUT2D eigenvalue weighted by molar-refractivity contribution is 0.0693. The van der Waals surface area contributed by atoms with Gasteiger partial charge in [0.05, 0.1) is 11.9 Å². The minimum atomic E-state index is -1.13. The van der Waals surface area contributed by atoms with Gasteiger partial charge in [-0.25, -0.2) is 9.78 Å². The van der Waals surface area contributed by atoms with E-state index in [4.69, 9.17) is 15.6 Å². The lowest BCUT2D eigenvalue weighted by Crippen LogP contribution is -2.03. The van der Waals surface area contributed by atoms with Crippen molar-refractivity contribution in [3.8, 4) is 11.6 Å². The maximum atomic E-state index is 11.2. The van der Waals surface area contributed by atoms with Crippen molar-refractivity contribution >= 4 is 22.4 Å². The molecule has 3 aromatic rings. The van der Waals surface area contributed by atoms with Crippen LogP contribution in [-0.4, -0.2) is 16.1 Å². The van der Waals surface area contributed by atoms with Gasteiger partial charge in [0.15, 0.2) is 0 Å². The molecule has 0 atom stereocenters. The van der Waals surface area contributed by atoms with Crippen molar-refractivity contribution in [3.63, 3.8) is 0 Å². The third-order valence-corrected chi connectivity index (χ3v) is 3.04. The molecule has 5 heteroatoms. The molecule has 0 saturated carbocycles. The molecule has 3 rings (SSSR count). The zero-order chi connectivity index (χ0) is 14.8. The summed E-state index contributed by atoms with van der Waals surface area (Å²) in [5, 5.41) is 11.2. The number of pyridine rings is 1. The highest BCUT2D eigenvalue weighted by atomic mass is 16.5. The summed E-state index contributed by atoms with van der Waals surface area (Å²) >= 11 is 0. The highest BCUT2D eigenvalue weighted by Gasteiger charge is 2.14. The van der Waals surface area contributed by atoms with E-state index in [0.717, 1.165) is 10.8 Å². The monoisotopic (exact) mass is 280 g/mol. The summed E-state index contributed by atoms with van der Waals surface area (Å²) in [6, 6.07) is 14.7. The molecule has 0 aliphatic rings. The molecule has 5 nitrogen and oxygen atoms in total. The van der Waals surface area contributed by atoms with Crippen molar-refractivity contribution < 1.29 is 14.6 Å². The van der Waals surface area contributed by atoms with E-state index in [2.05, 4.69) is 4.98 Å². The Hall–Kier alpha value is -3.08. The summed E-state index contributed by atoms with van der Waals surface area (Å²) in [4.78, 5) is 15.1. The molecule has 0 saturated heterocycles. The number of hydrogen-bond acceptors (Lipinski definition) is 4. The smallest absolute Gasteiger partial charge is 0.341 e. The van der Waals surface area contributed by atoms with Crippen LogP contribution in [0, 0.1) is 0 Å². The van der Waals surface area contributed by atoms with Crippen molar-refractivity contribution in [2.45, 2.75) is 0 Å². The molecule has 0 bridgehead atoms. The Labute approximate surface area is 120 Å². The van der Waals surface area contributed by atoms with Crippen LogP contribution in [0.25, 0.3) is 10.8 Å². The molecule has 0 unspecified atom stereocenters. The van der Waals surface area contributed by atoms with Gasteiger partial charge in [0.1, 0.15) is 11.3 Å². The Morgan fingerprint density at radius 1 is 1.10 bits per heavy atom. The fraction of sp³-hybridized carbons (Fsp3) is 0. The standard InChI is InChI=1S/C16H12N2O3/c17-12-8-14(16(19)20)15(18-9-12)21-13-6-5-10-3-1-2-4-11(10)7-13/h1-9H,17H2,(H,19,20). The van der Waals surface area contributed by atoms with Crippen LogP contribution < -0.4 is 10.5 Å². The van der Waals surface area contributed by atoms with Crippen LogP contribution in [0.4, 0.5) is 5.69 Å². The number of benzene rings is 2. The summed E-state index contributed by atoms with van der Waals surface area (Å²) in [7, 11) is 0. The number of carboxylic acid groups (broad SMARTS) is 1. The number of anilines is 1. The molecular formula is C16H12N2O3. The minimum Gasteiger partial charge on any atom is -0.477 e. The van der Waals surface area contributed by atoms with E-state index in [0.29, 0.717) is 5.75 Å². The fourth-order valence-electron chi connectivity index (χ4n) is 2.05. The molecule has 0 aliphatic carbocycles. The van der Waals surface area contributed by atoms with E-state index in [-0.39, 0.29) is 17.1 Å². The van der Waals surface area contributed by atoms with Gasteiger partial charge in [0.25, 0.3) is 0 Å². The highest BCUT2D eigenvalue weighted by Crippen LogP contribution is 2.27. The van der Waals surface area contributed by atoms with Gasteiger partial charge in [-0.05, 0) is 29.0 Å². The van der Waals surface area contributed by atoms with E-state index in [1.807, 2.05) is 36.4 Å². The normalized spacial score (nSPS) is 10.5. The second kappa shape index (κ2) is 5.13. The van der Waals surface area contributed by atoms with Gasteiger partial charge >= 0.3 is 5.97 Å². The summed E-state index contributed by atoms with van der Waals surface area (Å²) in [5.41, 5.74) is 5.76. The van der Waals surface area contributed by atoms with E-state index >= 15 is 0 Å². The molecule has 1 aromatic heterocycles. The third kappa shape index (κ3) is 2.62. The first-order valence-corrected chi connectivity index (χ1v) is 6.29. The maximum absolute atomic E-state index is 11.2. The topological polar surface area (TPSA) is 85.4 Å². The van der Waals surface area contributed by atoms with Crippen LogP contribution in [0.2, 0.25) is 0 Å². The Bertz CT molecular complexity index is 831. The van der Waals surface area contributed by atoms with Gasteiger partial charge in [-0.3, -0.25) is 0 Å². The second-order valence-corrected chi connectivity index (χ2v) is 4.54. The lowest BCUT2D eigenvalue weighted by atomic mass is 10.1. The molecule has 2 aromatic carbocycles.